The van der Waals surface area contributed by atoms with Gasteiger partial charge in [-0.1, -0.05) is 17.7 Å². The zero-order valence-electron chi connectivity index (χ0n) is 16.0. The molecule has 0 aliphatic carbocycles. The average Bonchev–Trinajstić information content (AvgIpc) is 2.61. The minimum absolute atomic E-state index is 0.0674. The maximum atomic E-state index is 12.7. The highest BCUT2D eigenvalue weighted by molar-refractivity contribution is 6.32. The smallest absolute Gasteiger partial charge is 0.336 e. The quantitative estimate of drug-likeness (QED) is 0.402. The van der Waals surface area contributed by atoms with Gasteiger partial charge in [-0.2, -0.15) is 0 Å². The predicted octanol–water partition coefficient (Wildman–Crippen LogP) is 3.82. The van der Waals surface area contributed by atoms with E-state index in [0.717, 1.165) is 0 Å². The second-order valence-corrected chi connectivity index (χ2v) is 6.55. The molecule has 0 fully saturated rings. The van der Waals surface area contributed by atoms with Crippen molar-refractivity contribution in [1.82, 2.24) is 0 Å². The van der Waals surface area contributed by atoms with Gasteiger partial charge in [-0.15, -0.1) is 0 Å². The Bertz CT molecular complexity index is 877. The molecule has 0 N–H and O–H groups in total. The zero-order valence-corrected chi connectivity index (χ0v) is 16.8. The molecule has 9 heteroatoms. The maximum absolute atomic E-state index is 12.7. The third kappa shape index (κ3) is 4.22. The van der Waals surface area contributed by atoms with Gasteiger partial charge < -0.3 is 9.47 Å². The van der Waals surface area contributed by atoms with Gasteiger partial charge >= 0.3 is 11.9 Å². The Balaban J connectivity index is 2.69. The van der Waals surface area contributed by atoms with Crippen LogP contribution in [0.2, 0.25) is 5.02 Å². The Labute approximate surface area is 167 Å². The van der Waals surface area contributed by atoms with E-state index in [9.17, 15) is 19.7 Å². The van der Waals surface area contributed by atoms with Crippen LogP contribution >= 0.6 is 11.6 Å². The lowest BCUT2D eigenvalue weighted by atomic mass is 9.75. The molecular weight excluding hydrogens is 388 g/mol. The summed E-state index contributed by atoms with van der Waals surface area (Å²) in [4.78, 5) is 40.1. The zero-order chi connectivity index (χ0) is 21.0. The summed E-state index contributed by atoms with van der Waals surface area (Å²) in [6.07, 6.45) is 0. The summed E-state index contributed by atoms with van der Waals surface area (Å²) in [5.74, 6) is -2.91. The number of ether oxygens (including phenoxy) is 2. The van der Waals surface area contributed by atoms with Crippen molar-refractivity contribution in [2.45, 2.75) is 33.6 Å². The van der Waals surface area contributed by atoms with Crippen LogP contribution in [0.1, 0.15) is 39.2 Å². The molecule has 2 atom stereocenters. The van der Waals surface area contributed by atoms with Gasteiger partial charge in [0.05, 0.1) is 28.7 Å². The first-order valence-electron chi connectivity index (χ1n) is 8.76. The molecule has 0 spiro atoms. The molecular formula is C19H21ClN2O6. The molecule has 28 heavy (non-hydrogen) atoms. The number of nitrogens with zero attached hydrogens (tertiary/aromatic N) is 2. The predicted molar refractivity (Wildman–Crippen MR) is 103 cm³/mol. The van der Waals surface area contributed by atoms with Crippen molar-refractivity contribution in [3.8, 4) is 0 Å². The molecule has 0 saturated carbocycles. The number of halogens is 1. The van der Waals surface area contributed by atoms with Crippen LogP contribution in [0.25, 0.3) is 0 Å². The number of hydrogen-bond acceptors (Lipinski definition) is 7. The summed E-state index contributed by atoms with van der Waals surface area (Å²) in [7, 11) is 0. The number of carbonyl (C=O) groups excluding carboxylic acids is 2. The topological polar surface area (TPSA) is 108 Å². The summed E-state index contributed by atoms with van der Waals surface area (Å²) < 4.78 is 10.3. The van der Waals surface area contributed by atoms with Gasteiger partial charge in [-0.25, -0.2) is 4.79 Å². The minimum atomic E-state index is -0.901. The molecule has 1 aromatic carbocycles. The van der Waals surface area contributed by atoms with Crippen molar-refractivity contribution in [3.05, 3.63) is 50.2 Å². The highest BCUT2D eigenvalue weighted by Crippen LogP contribution is 2.43. The van der Waals surface area contributed by atoms with Gasteiger partial charge in [0.25, 0.3) is 5.69 Å². The first-order chi connectivity index (χ1) is 13.2. The van der Waals surface area contributed by atoms with E-state index in [1.807, 2.05) is 0 Å². The van der Waals surface area contributed by atoms with Crippen molar-refractivity contribution in [3.63, 3.8) is 0 Å². The minimum Gasteiger partial charge on any atom is -0.465 e. The standard InChI is InChI=1S/C19H21ClN2O6/c1-5-27-18(23)15-10(3)21-11(4)16(19(24)28-6-2)17(15)13-8-7-12(22(25)26)9-14(13)20/h7-9,15,17H,5-6H2,1-4H3/t15?,17-/m0/s1. The number of nitro benzene ring substituents is 1. The lowest BCUT2D eigenvalue weighted by molar-refractivity contribution is -0.384. The molecule has 0 saturated heterocycles. The summed E-state index contributed by atoms with van der Waals surface area (Å²) in [5, 5.41) is 11.1. The van der Waals surface area contributed by atoms with Crippen LogP contribution < -0.4 is 0 Å². The Morgan fingerprint density at radius 3 is 2.39 bits per heavy atom. The van der Waals surface area contributed by atoms with Crippen molar-refractivity contribution < 1.29 is 24.0 Å². The van der Waals surface area contributed by atoms with Crippen LogP contribution in [0.5, 0.6) is 0 Å². The van der Waals surface area contributed by atoms with Gasteiger partial charge in [-0.3, -0.25) is 19.9 Å². The molecule has 0 amide bonds. The number of rotatable bonds is 6. The molecule has 1 aliphatic heterocycles. The fraction of sp³-hybridized carbons (Fsp3) is 0.421. The number of hydrogen-bond donors (Lipinski definition) is 0. The molecule has 1 aromatic rings. The Kier molecular flexibility index (Phi) is 6.90. The van der Waals surface area contributed by atoms with E-state index in [0.29, 0.717) is 17.0 Å². The summed E-state index contributed by atoms with van der Waals surface area (Å²) >= 11 is 6.33. The lowest BCUT2D eigenvalue weighted by Gasteiger charge is -2.31. The number of benzene rings is 1. The summed E-state index contributed by atoms with van der Waals surface area (Å²) in [6, 6.07) is 3.92. The number of non-ortho nitro benzene ring substituents is 1. The van der Waals surface area contributed by atoms with Gasteiger partial charge in [-0.05, 0) is 33.3 Å². The van der Waals surface area contributed by atoms with Crippen molar-refractivity contribution in [1.29, 1.82) is 0 Å². The van der Waals surface area contributed by atoms with Crippen LogP contribution in [0.4, 0.5) is 5.69 Å². The molecule has 0 bridgehead atoms. The van der Waals surface area contributed by atoms with Crippen LogP contribution in [0.15, 0.2) is 34.5 Å². The Morgan fingerprint density at radius 2 is 1.86 bits per heavy atom. The third-order valence-corrected chi connectivity index (χ3v) is 4.72. The fourth-order valence-corrected chi connectivity index (χ4v) is 3.56. The molecule has 0 aromatic heterocycles. The second kappa shape index (κ2) is 8.97. The lowest BCUT2D eigenvalue weighted by Crippen LogP contribution is -2.36. The van der Waals surface area contributed by atoms with Crippen molar-refractivity contribution >= 4 is 34.9 Å². The maximum Gasteiger partial charge on any atom is 0.336 e. The average molecular weight is 409 g/mol. The van der Waals surface area contributed by atoms with Gasteiger partial charge in [0.1, 0.15) is 5.92 Å². The fourth-order valence-electron chi connectivity index (χ4n) is 3.27. The number of aliphatic imine (C=N–C) groups is 1. The number of nitro groups is 1. The summed E-state index contributed by atoms with van der Waals surface area (Å²) in [5.41, 5.74) is 1.24. The summed E-state index contributed by atoms with van der Waals surface area (Å²) in [6.45, 7) is 6.95. The van der Waals surface area contributed by atoms with E-state index in [2.05, 4.69) is 4.99 Å². The molecule has 150 valence electrons. The number of carbonyl (C=O) groups is 2. The van der Waals surface area contributed by atoms with Crippen molar-refractivity contribution in [2.24, 2.45) is 10.9 Å². The molecule has 1 heterocycles. The SMILES string of the molecule is CCOC(=O)C1=C(C)N=C(C)C(C(=O)OCC)[C@@H]1c1ccc([N+](=O)[O-])cc1Cl. The second-order valence-electron chi connectivity index (χ2n) is 6.14. The molecule has 8 nitrogen and oxygen atoms in total. The Hall–Kier alpha value is -2.74. The van der Waals surface area contributed by atoms with E-state index in [1.165, 1.54) is 18.2 Å². The number of esters is 2. The molecule has 1 unspecified atom stereocenters. The van der Waals surface area contributed by atoms with Crippen molar-refractivity contribution in [2.75, 3.05) is 13.2 Å². The Morgan fingerprint density at radius 1 is 1.21 bits per heavy atom. The molecule has 2 rings (SSSR count). The first kappa shape index (κ1) is 21.6. The van der Waals surface area contributed by atoms with E-state index < -0.39 is 28.7 Å². The van der Waals surface area contributed by atoms with Gasteiger partial charge in [0, 0.05) is 29.5 Å². The van der Waals surface area contributed by atoms with E-state index >= 15 is 0 Å². The van der Waals surface area contributed by atoms with Crippen LogP contribution in [0, 0.1) is 16.0 Å². The van der Waals surface area contributed by atoms with E-state index in [-0.39, 0.29) is 29.5 Å². The molecule has 0 radical (unpaired) electrons. The van der Waals surface area contributed by atoms with Gasteiger partial charge in [0.2, 0.25) is 0 Å². The van der Waals surface area contributed by atoms with Crippen LogP contribution in [0.3, 0.4) is 0 Å². The van der Waals surface area contributed by atoms with E-state index in [4.69, 9.17) is 21.1 Å². The highest BCUT2D eigenvalue weighted by atomic mass is 35.5. The van der Waals surface area contributed by atoms with Gasteiger partial charge in [0.15, 0.2) is 0 Å². The monoisotopic (exact) mass is 408 g/mol. The van der Waals surface area contributed by atoms with Crippen LogP contribution in [-0.4, -0.2) is 35.8 Å². The normalized spacial score (nSPS) is 19.1. The largest absolute Gasteiger partial charge is 0.465 e. The van der Waals surface area contributed by atoms with Crippen LogP contribution in [-0.2, 0) is 19.1 Å². The third-order valence-electron chi connectivity index (χ3n) is 4.39. The van der Waals surface area contributed by atoms with E-state index in [1.54, 1.807) is 27.7 Å². The highest BCUT2D eigenvalue weighted by Gasteiger charge is 2.43. The first-order valence-corrected chi connectivity index (χ1v) is 9.14. The number of allylic oxidation sites excluding steroid dienone is 1. The molecule has 1 aliphatic rings.